The summed E-state index contributed by atoms with van der Waals surface area (Å²) in [6.07, 6.45) is 2.21. The smallest absolute Gasteiger partial charge is 0.255 e. The van der Waals surface area contributed by atoms with E-state index in [1.165, 1.54) is 28.6 Å². The van der Waals surface area contributed by atoms with Gasteiger partial charge in [0, 0.05) is 30.0 Å². The van der Waals surface area contributed by atoms with Crippen molar-refractivity contribution in [3.63, 3.8) is 0 Å². The maximum absolute atomic E-state index is 12.8. The van der Waals surface area contributed by atoms with Gasteiger partial charge in [-0.1, -0.05) is 13.8 Å². The number of hydrogen-bond donors (Lipinski definition) is 2. The van der Waals surface area contributed by atoms with Gasteiger partial charge in [0.1, 0.15) is 0 Å². The molecular formula is C22H29N3O5S2. The van der Waals surface area contributed by atoms with E-state index in [0.717, 1.165) is 12.8 Å². The molecular weight excluding hydrogens is 450 g/mol. The molecule has 8 nitrogen and oxygen atoms in total. The van der Waals surface area contributed by atoms with Crippen LogP contribution in [-0.4, -0.2) is 45.9 Å². The van der Waals surface area contributed by atoms with Gasteiger partial charge in [0.2, 0.25) is 20.0 Å². The Morgan fingerprint density at radius 3 is 2.06 bits per heavy atom. The highest BCUT2D eigenvalue weighted by atomic mass is 32.2. The lowest BCUT2D eigenvalue weighted by atomic mass is 10.0. The van der Waals surface area contributed by atoms with Gasteiger partial charge in [-0.25, -0.2) is 16.8 Å². The molecule has 3 rings (SSSR count). The van der Waals surface area contributed by atoms with Gasteiger partial charge in [-0.15, -0.1) is 0 Å². The van der Waals surface area contributed by atoms with Crippen LogP contribution in [0.2, 0.25) is 0 Å². The summed E-state index contributed by atoms with van der Waals surface area (Å²) in [5.41, 5.74) is 1.23. The molecule has 0 saturated carbocycles. The second-order valence-corrected chi connectivity index (χ2v) is 11.8. The van der Waals surface area contributed by atoms with E-state index in [-0.39, 0.29) is 16.6 Å². The van der Waals surface area contributed by atoms with Crippen LogP contribution < -0.4 is 10.0 Å². The molecule has 32 heavy (non-hydrogen) atoms. The molecule has 2 aromatic rings. The second-order valence-electron chi connectivity index (χ2n) is 8.06. The van der Waals surface area contributed by atoms with Gasteiger partial charge >= 0.3 is 0 Å². The summed E-state index contributed by atoms with van der Waals surface area (Å²) in [7, 11) is -6.95. The molecule has 1 saturated heterocycles. The van der Waals surface area contributed by atoms with E-state index in [2.05, 4.69) is 17.0 Å². The number of anilines is 2. The standard InChI is InChI=1S/C22H29N3O5S2/c1-3-16-31(27,28)24-20-8-6-19(7-9-20)23-22(26)18-4-10-21(11-5-18)32(29,30)25-14-12-17(2)13-15-25/h4-11,17,24H,3,12-16H2,1-2H3,(H,23,26). The maximum Gasteiger partial charge on any atom is 0.255 e. The number of nitrogens with one attached hydrogen (secondary N) is 2. The first-order chi connectivity index (χ1) is 15.1. The molecule has 2 aromatic carbocycles. The van der Waals surface area contributed by atoms with Crippen molar-refractivity contribution in [1.29, 1.82) is 0 Å². The van der Waals surface area contributed by atoms with Gasteiger partial charge in [-0.3, -0.25) is 9.52 Å². The maximum atomic E-state index is 12.8. The number of benzene rings is 2. The van der Waals surface area contributed by atoms with E-state index in [4.69, 9.17) is 0 Å². The highest BCUT2D eigenvalue weighted by molar-refractivity contribution is 7.92. The van der Waals surface area contributed by atoms with Crippen LogP contribution in [0.1, 0.15) is 43.5 Å². The third-order valence-corrected chi connectivity index (χ3v) is 8.79. The predicted octanol–water partition coefficient (Wildman–Crippen LogP) is 3.51. The first-order valence-corrected chi connectivity index (χ1v) is 13.7. The molecule has 0 radical (unpaired) electrons. The molecule has 174 valence electrons. The monoisotopic (exact) mass is 479 g/mol. The first kappa shape index (κ1) is 24.2. The van der Waals surface area contributed by atoms with Crippen molar-refractivity contribution in [3.8, 4) is 0 Å². The Labute approximate surface area is 190 Å². The Balaban J connectivity index is 1.63. The highest BCUT2D eigenvalue weighted by Gasteiger charge is 2.28. The largest absolute Gasteiger partial charge is 0.322 e. The summed E-state index contributed by atoms with van der Waals surface area (Å²) in [5.74, 6) is 0.173. The summed E-state index contributed by atoms with van der Waals surface area (Å²) < 4.78 is 53.3. The van der Waals surface area contributed by atoms with Gasteiger partial charge in [-0.2, -0.15) is 4.31 Å². The Morgan fingerprint density at radius 1 is 0.938 bits per heavy atom. The number of sulfonamides is 2. The summed E-state index contributed by atoms with van der Waals surface area (Å²) in [6.45, 7) is 4.93. The third-order valence-electron chi connectivity index (χ3n) is 5.39. The number of carbonyl (C=O) groups is 1. The van der Waals surface area contributed by atoms with Crippen molar-refractivity contribution < 1.29 is 21.6 Å². The molecule has 0 unspecified atom stereocenters. The molecule has 0 aliphatic carbocycles. The average Bonchev–Trinajstić information content (AvgIpc) is 2.75. The zero-order valence-corrected chi connectivity index (χ0v) is 19.9. The SMILES string of the molecule is CCCS(=O)(=O)Nc1ccc(NC(=O)c2ccc(S(=O)(=O)N3CCC(C)CC3)cc2)cc1. The van der Waals surface area contributed by atoms with Gasteiger partial charge in [0.05, 0.1) is 10.6 Å². The highest BCUT2D eigenvalue weighted by Crippen LogP contribution is 2.24. The summed E-state index contributed by atoms with van der Waals surface area (Å²) in [5, 5.41) is 2.72. The van der Waals surface area contributed by atoms with E-state index in [1.807, 2.05) is 0 Å². The molecule has 2 N–H and O–H groups in total. The van der Waals surface area contributed by atoms with Crippen molar-refractivity contribution in [3.05, 3.63) is 54.1 Å². The van der Waals surface area contributed by atoms with E-state index in [1.54, 1.807) is 31.2 Å². The molecule has 0 spiro atoms. The quantitative estimate of drug-likeness (QED) is 0.602. The number of hydrogen-bond acceptors (Lipinski definition) is 5. The van der Waals surface area contributed by atoms with Gasteiger partial charge in [0.15, 0.2) is 0 Å². The zero-order chi connectivity index (χ0) is 23.4. The number of amides is 1. The summed E-state index contributed by atoms with van der Waals surface area (Å²) in [6, 6.07) is 12.2. The van der Waals surface area contributed by atoms with Crippen LogP contribution in [-0.2, 0) is 20.0 Å². The van der Waals surface area contributed by atoms with Crippen LogP contribution in [0, 0.1) is 5.92 Å². The van der Waals surface area contributed by atoms with Crippen LogP contribution in [0.4, 0.5) is 11.4 Å². The van der Waals surface area contributed by atoms with Crippen molar-refractivity contribution >= 4 is 37.3 Å². The van der Waals surface area contributed by atoms with Crippen molar-refractivity contribution in [1.82, 2.24) is 4.31 Å². The Bertz CT molecular complexity index is 1140. The normalized spacial score (nSPS) is 15.9. The lowest BCUT2D eigenvalue weighted by Gasteiger charge is -2.29. The van der Waals surface area contributed by atoms with Gasteiger partial charge in [-0.05, 0) is 73.7 Å². The van der Waals surface area contributed by atoms with Crippen LogP contribution in [0.15, 0.2) is 53.4 Å². The molecule has 1 aliphatic rings. The molecule has 1 fully saturated rings. The minimum atomic E-state index is -3.57. The van der Waals surface area contributed by atoms with Crippen molar-refractivity contribution in [2.45, 2.75) is 38.0 Å². The molecule has 0 atom stereocenters. The molecule has 1 amide bonds. The van der Waals surface area contributed by atoms with E-state index in [0.29, 0.717) is 42.4 Å². The summed E-state index contributed by atoms with van der Waals surface area (Å²) >= 11 is 0. The summed E-state index contributed by atoms with van der Waals surface area (Å²) in [4.78, 5) is 12.7. The fourth-order valence-corrected chi connectivity index (χ4v) is 6.08. The minimum absolute atomic E-state index is 0.0358. The topological polar surface area (TPSA) is 113 Å². The Hall–Kier alpha value is -2.43. The second kappa shape index (κ2) is 10.0. The Morgan fingerprint density at radius 2 is 1.50 bits per heavy atom. The molecule has 1 aliphatic heterocycles. The third kappa shape index (κ3) is 6.08. The molecule has 10 heteroatoms. The molecule has 0 bridgehead atoms. The fourth-order valence-electron chi connectivity index (χ4n) is 3.48. The van der Waals surface area contributed by atoms with E-state index in [9.17, 15) is 21.6 Å². The van der Waals surface area contributed by atoms with Crippen LogP contribution in [0.3, 0.4) is 0 Å². The fraction of sp³-hybridized carbons (Fsp3) is 0.409. The van der Waals surface area contributed by atoms with Gasteiger partial charge in [0.25, 0.3) is 5.91 Å². The van der Waals surface area contributed by atoms with Crippen molar-refractivity contribution in [2.24, 2.45) is 5.92 Å². The van der Waals surface area contributed by atoms with E-state index >= 15 is 0 Å². The first-order valence-electron chi connectivity index (χ1n) is 10.6. The minimum Gasteiger partial charge on any atom is -0.322 e. The number of nitrogens with zero attached hydrogens (tertiary/aromatic N) is 1. The lowest BCUT2D eigenvalue weighted by molar-refractivity contribution is 0.102. The average molecular weight is 480 g/mol. The number of piperidine rings is 1. The van der Waals surface area contributed by atoms with Gasteiger partial charge < -0.3 is 5.32 Å². The van der Waals surface area contributed by atoms with Crippen LogP contribution in [0.25, 0.3) is 0 Å². The lowest BCUT2D eigenvalue weighted by Crippen LogP contribution is -2.37. The van der Waals surface area contributed by atoms with E-state index < -0.39 is 20.0 Å². The molecule has 1 heterocycles. The van der Waals surface area contributed by atoms with Crippen LogP contribution >= 0.6 is 0 Å². The van der Waals surface area contributed by atoms with Crippen LogP contribution in [0.5, 0.6) is 0 Å². The zero-order valence-electron chi connectivity index (χ0n) is 18.2. The van der Waals surface area contributed by atoms with Crippen molar-refractivity contribution in [2.75, 3.05) is 28.9 Å². The number of carbonyl (C=O) groups excluding carboxylic acids is 1. The Kier molecular flexibility index (Phi) is 7.58. The molecule has 0 aromatic heterocycles. The predicted molar refractivity (Wildman–Crippen MR) is 126 cm³/mol. The number of rotatable bonds is 8.